The molecule has 0 atom stereocenters. The first-order valence-corrected chi connectivity index (χ1v) is 8.83. The van der Waals surface area contributed by atoms with Crippen molar-refractivity contribution in [2.45, 2.75) is 11.8 Å². The van der Waals surface area contributed by atoms with Crippen LogP contribution in [0.5, 0.6) is 0 Å². The van der Waals surface area contributed by atoms with Crippen LogP contribution in [0.15, 0.2) is 71.9 Å². The highest BCUT2D eigenvalue weighted by atomic mass is 32.2. The third-order valence-corrected chi connectivity index (χ3v) is 5.07. The van der Waals surface area contributed by atoms with Crippen molar-refractivity contribution in [3.05, 3.63) is 72.6 Å². The van der Waals surface area contributed by atoms with E-state index < -0.39 is 10.0 Å². The quantitative estimate of drug-likeness (QED) is 0.713. The summed E-state index contributed by atoms with van der Waals surface area (Å²) in [4.78, 5) is 4.30. The molecule has 3 N–H and O–H groups in total. The van der Waals surface area contributed by atoms with Crippen molar-refractivity contribution in [1.82, 2.24) is 4.98 Å². The van der Waals surface area contributed by atoms with Gasteiger partial charge in [-0.15, -0.1) is 0 Å². The Hall–Kier alpha value is -2.86. The van der Waals surface area contributed by atoms with Crippen molar-refractivity contribution in [3.63, 3.8) is 0 Å². The second-order valence-corrected chi connectivity index (χ2v) is 7.12. The molecule has 24 heavy (non-hydrogen) atoms. The molecule has 122 valence electrons. The van der Waals surface area contributed by atoms with Gasteiger partial charge in [0.2, 0.25) is 0 Å². The molecule has 0 fully saturated rings. The summed E-state index contributed by atoms with van der Waals surface area (Å²) in [6, 6.07) is 15.2. The number of hydrogen-bond donors (Lipinski definition) is 2. The molecule has 0 saturated heterocycles. The average Bonchev–Trinajstić information content (AvgIpc) is 2.56. The summed E-state index contributed by atoms with van der Waals surface area (Å²) in [5, 5.41) is 0. The Bertz CT molecular complexity index is 950. The Balaban J connectivity index is 1.84. The number of rotatable bonds is 4. The van der Waals surface area contributed by atoms with E-state index in [1.165, 1.54) is 12.1 Å². The zero-order valence-electron chi connectivity index (χ0n) is 13.1. The fourth-order valence-electron chi connectivity index (χ4n) is 2.35. The van der Waals surface area contributed by atoms with Gasteiger partial charge in [-0.2, -0.15) is 0 Å². The molecule has 1 aromatic heterocycles. The molecule has 0 unspecified atom stereocenters. The fraction of sp³-hybridized carbons (Fsp3) is 0.0556. The Morgan fingerprint density at radius 3 is 2.25 bits per heavy atom. The maximum absolute atomic E-state index is 12.4. The van der Waals surface area contributed by atoms with E-state index >= 15 is 0 Å². The van der Waals surface area contributed by atoms with Crippen LogP contribution in [0, 0.1) is 6.92 Å². The van der Waals surface area contributed by atoms with E-state index in [1.54, 1.807) is 36.7 Å². The number of nitrogen functional groups attached to an aromatic ring is 1. The third-order valence-electron chi connectivity index (χ3n) is 3.68. The van der Waals surface area contributed by atoms with Crippen LogP contribution < -0.4 is 10.5 Å². The van der Waals surface area contributed by atoms with Crippen LogP contribution in [0.2, 0.25) is 0 Å². The number of pyridine rings is 1. The highest BCUT2D eigenvalue weighted by Gasteiger charge is 2.14. The zero-order valence-corrected chi connectivity index (χ0v) is 13.9. The van der Waals surface area contributed by atoms with E-state index in [-0.39, 0.29) is 4.90 Å². The summed E-state index contributed by atoms with van der Waals surface area (Å²) in [5.74, 6) is 0. The highest BCUT2D eigenvalue weighted by Crippen LogP contribution is 2.25. The first kappa shape index (κ1) is 16.0. The normalized spacial score (nSPS) is 11.2. The van der Waals surface area contributed by atoms with E-state index in [0.29, 0.717) is 11.4 Å². The van der Waals surface area contributed by atoms with Gasteiger partial charge < -0.3 is 5.73 Å². The molecule has 0 radical (unpaired) electrons. The first-order valence-electron chi connectivity index (χ1n) is 7.35. The van der Waals surface area contributed by atoms with Gasteiger partial charge in [-0.05, 0) is 60.5 Å². The zero-order chi connectivity index (χ0) is 17.2. The third kappa shape index (κ3) is 3.38. The smallest absolute Gasteiger partial charge is 0.261 e. The molecule has 0 aliphatic carbocycles. The standard InChI is InChI=1S/C18H17N3O2S/c1-13-10-11-20-12-18(13)14-2-6-16(7-3-14)21-24(22,23)17-8-4-15(19)5-9-17/h2-12,21H,19H2,1H3. The van der Waals surface area contributed by atoms with Crippen LogP contribution in [0.4, 0.5) is 11.4 Å². The van der Waals surface area contributed by atoms with Gasteiger partial charge in [0.25, 0.3) is 10.0 Å². The van der Waals surface area contributed by atoms with Crippen molar-refractivity contribution in [3.8, 4) is 11.1 Å². The summed E-state index contributed by atoms with van der Waals surface area (Å²) in [6.45, 7) is 2.01. The SMILES string of the molecule is Cc1ccncc1-c1ccc(NS(=O)(=O)c2ccc(N)cc2)cc1. The van der Waals surface area contributed by atoms with Crippen LogP contribution in [0.1, 0.15) is 5.56 Å². The van der Waals surface area contributed by atoms with E-state index in [0.717, 1.165) is 16.7 Å². The van der Waals surface area contributed by atoms with Gasteiger partial charge in [-0.3, -0.25) is 9.71 Å². The summed E-state index contributed by atoms with van der Waals surface area (Å²) in [6.07, 6.45) is 3.54. The molecule has 0 aliphatic heterocycles. The molecular weight excluding hydrogens is 322 g/mol. The van der Waals surface area contributed by atoms with Crippen LogP contribution in [0.3, 0.4) is 0 Å². The molecule has 0 spiro atoms. The van der Waals surface area contributed by atoms with Crippen LogP contribution in [-0.4, -0.2) is 13.4 Å². The van der Waals surface area contributed by atoms with E-state index in [9.17, 15) is 8.42 Å². The predicted molar refractivity (Wildman–Crippen MR) is 96.1 cm³/mol. The second-order valence-electron chi connectivity index (χ2n) is 5.44. The van der Waals surface area contributed by atoms with E-state index in [1.807, 2.05) is 25.1 Å². The van der Waals surface area contributed by atoms with Crippen LogP contribution in [-0.2, 0) is 10.0 Å². The molecule has 5 nitrogen and oxygen atoms in total. The molecule has 0 saturated carbocycles. The Labute approximate surface area is 141 Å². The van der Waals surface area contributed by atoms with Gasteiger partial charge in [0.1, 0.15) is 0 Å². The number of sulfonamides is 1. The minimum Gasteiger partial charge on any atom is -0.399 e. The number of nitrogens with two attached hydrogens (primary N) is 1. The van der Waals surface area contributed by atoms with E-state index in [4.69, 9.17) is 5.73 Å². The summed E-state index contributed by atoms with van der Waals surface area (Å²) >= 11 is 0. The molecule has 0 aliphatic rings. The van der Waals surface area contributed by atoms with Gasteiger partial charge >= 0.3 is 0 Å². The maximum atomic E-state index is 12.4. The van der Waals surface area contributed by atoms with Crippen molar-refractivity contribution >= 4 is 21.4 Å². The summed E-state index contributed by atoms with van der Waals surface area (Å²) in [7, 11) is -3.63. The van der Waals surface area contributed by atoms with Gasteiger partial charge in [-0.25, -0.2) is 8.42 Å². The summed E-state index contributed by atoms with van der Waals surface area (Å²) in [5.41, 5.74) is 9.71. The van der Waals surface area contributed by atoms with Gasteiger partial charge in [-0.1, -0.05) is 12.1 Å². The number of nitrogens with one attached hydrogen (secondary N) is 1. The molecular formula is C18H17N3O2S. The summed E-state index contributed by atoms with van der Waals surface area (Å²) < 4.78 is 27.3. The molecule has 1 heterocycles. The lowest BCUT2D eigenvalue weighted by molar-refractivity contribution is 0.601. The lowest BCUT2D eigenvalue weighted by Gasteiger charge is -2.10. The fourth-order valence-corrected chi connectivity index (χ4v) is 3.40. The van der Waals surface area contributed by atoms with Crippen molar-refractivity contribution in [2.24, 2.45) is 0 Å². The Morgan fingerprint density at radius 1 is 0.958 bits per heavy atom. The second kappa shape index (κ2) is 6.33. The van der Waals surface area contributed by atoms with Crippen LogP contribution in [0.25, 0.3) is 11.1 Å². The predicted octanol–water partition coefficient (Wildman–Crippen LogP) is 3.44. The van der Waals surface area contributed by atoms with Crippen molar-refractivity contribution < 1.29 is 8.42 Å². The van der Waals surface area contributed by atoms with Crippen LogP contribution >= 0.6 is 0 Å². The van der Waals surface area contributed by atoms with Gasteiger partial charge in [0.15, 0.2) is 0 Å². The molecule has 0 bridgehead atoms. The van der Waals surface area contributed by atoms with Gasteiger partial charge in [0.05, 0.1) is 4.90 Å². The minimum atomic E-state index is -3.63. The lowest BCUT2D eigenvalue weighted by Crippen LogP contribution is -2.12. The Kier molecular flexibility index (Phi) is 4.22. The molecule has 6 heteroatoms. The molecule has 3 rings (SSSR count). The monoisotopic (exact) mass is 339 g/mol. The molecule has 0 amide bonds. The van der Waals surface area contributed by atoms with Crippen molar-refractivity contribution in [2.75, 3.05) is 10.5 Å². The first-order chi connectivity index (χ1) is 11.5. The molecule has 2 aromatic carbocycles. The highest BCUT2D eigenvalue weighted by molar-refractivity contribution is 7.92. The minimum absolute atomic E-state index is 0.170. The number of anilines is 2. The number of benzene rings is 2. The Morgan fingerprint density at radius 2 is 1.62 bits per heavy atom. The lowest BCUT2D eigenvalue weighted by atomic mass is 10.0. The molecule has 3 aromatic rings. The van der Waals surface area contributed by atoms with Crippen molar-refractivity contribution in [1.29, 1.82) is 0 Å². The number of nitrogens with zero attached hydrogens (tertiary/aromatic N) is 1. The number of aromatic nitrogens is 1. The average molecular weight is 339 g/mol. The number of aryl methyl sites for hydroxylation is 1. The maximum Gasteiger partial charge on any atom is 0.261 e. The largest absolute Gasteiger partial charge is 0.399 e. The topological polar surface area (TPSA) is 85.1 Å². The number of hydrogen-bond acceptors (Lipinski definition) is 4. The van der Waals surface area contributed by atoms with Gasteiger partial charge in [0, 0.05) is 29.3 Å². The van der Waals surface area contributed by atoms with E-state index in [2.05, 4.69) is 9.71 Å².